The number of aliphatic carboxylic acids is 1. The molecule has 1 rings (SSSR count). The van der Waals surface area contributed by atoms with Gasteiger partial charge >= 0.3 is 5.97 Å². The lowest BCUT2D eigenvalue weighted by molar-refractivity contribution is -0.805. The molecule has 0 aromatic carbocycles. The molecule has 5 heteroatoms. The average molecular weight is 266 g/mol. The number of carbonyl (C=O) groups is 1. The minimum Gasteiger partial charge on any atom is -0.477 e. The first kappa shape index (κ1) is 15.6. The van der Waals surface area contributed by atoms with E-state index in [0.717, 1.165) is 12.3 Å². The Morgan fingerprint density at radius 1 is 1.58 bits per heavy atom. The standard InChI is InChI=1S/C14H23N3O2/c1-3-4-5-6-7-8-13-16-9-10-17(13,12(2)15)11-14(18)19/h6-7,9-10,12H,3-5,8,11,15H2,1-2H3/p+1/b7-6+. The van der Waals surface area contributed by atoms with Gasteiger partial charge in [-0.3, -0.25) is 5.73 Å². The molecule has 0 fully saturated rings. The number of unbranched alkanes of at least 4 members (excludes halogenated alkanes) is 2. The SMILES string of the molecule is CCCC/C=C/CC1=NC=C[N+]1(CC(=O)O)C(C)N. The number of rotatable bonds is 8. The molecule has 0 aromatic rings. The van der Waals surface area contributed by atoms with Gasteiger partial charge in [-0.05, 0) is 6.42 Å². The summed E-state index contributed by atoms with van der Waals surface area (Å²) in [6.45, 7) is 3.91. The highest BCUT2D eigenvalue weighted by Gasteiger charge is 2.40. The van der Waals surface area contributed by atoms with Gasteiger partial charge in [0.05, 0.1) is 12.6 Å². The molecule has 0 aromatic heterocycles. The number of carboxylic acid groups (broad SMARTS) is 1. The van der Waals surface area contributed by atoms with E-state index in [1.54, 1.807) is 12.4 Å². The van der Waals surface area contributed by atoms with Crippen molar-refractivity contribution >= 4 is 11.8 Å². The van der Waals surface area contributed by atoms with Crippen molar-refractivity contribution in [3.63, 3.8) is 0 Å². The van der Waals surface area contributed by atoms with E-state index in [2.05, 4.69) is 24.1 Å². The smallest absolute Gasteiger partial charge is 0.360 e. The van der Waals surface area contributed by atoms with Crippen LogP contribution < -0.4 is 5.73 Å². The first-order valence-electron chi connectivity index (χ1n) is 6.77. The van der Waals surface area contributed by atoms with Crippen LogP contribution in [0.25, 0.3) is 0 Å². The summed E-state index contributed by atoms with van der Waals surface area (Å²) in [7, 11) is 0. The van der Waals surface area contributed by atoms with Gasteiger partial charge < -0.3 is 5.11 Å². The van der Waals surface area contributed by atoms with Gasteiger partial charge in [-0.1, -0.05) is 31.9 Å². The Labute approximate surface area is 114 Å². The number of hydrogen-bond donors (Lipinski definition) is 2. The minimum atomic E-state index is -0.869. The van der Waals surface area contributed by atoms with Crippen LogP contribution in [0.5, 0.6) is 0 Å². The first-order chi connectivity index (χ1) is 9.03. The molecule has 0 saturated heterocycles. The number of amidine groups is 1. The van der Waals surface area contributed by atoms with Crippen LogP contribution in [0.4, 0.5) is 0 Å². The summed E-state index contributed by atoms with van der Waals surface area (Å²) < 4.78 is 0.119. The second-order valence-corrected chi connectivity index (χ2v) is 4.88. The van der Waals surface area contributed by atoms with Gasteiger partial charge in [0.1, 0.15) is 12.4 Å². The van der Waals surface area contributed by atoms with Crippen LogP contribution in [0.1, 0.15) is 39.5 Å². The molecule has 0 radical (unpaired) electrons. The van der Waals surface area contributed by atoms with Gasteiger partial charge in [0, 0.05) is 6.92 Å². The predicted molar refractivity (Wildman–Crippen MR) is 76.3 cm³/mol. The summed E-state index contributed by atoms with van der Waals surface area (Å²) in [6.07, 6.45) is 11.3. The van der Waals surface area contributed by atoms with Crippen molar-refractivity contribution in [3.8, 4) is 0 Å². The lowest BCUT2D eigenvalue weighted by Gasteiger charge is -2.34. The summed E-state index contributed by atoms with van der Waals surface area (Å²) in [5.74, 6) is -0.0725. The fraction of sp³-hybridized carbons (Fsp3) is 0.571. The number of allylic oxidation sites excluding steroid dienone is 1. The Kier molecular flexibility index (Phi) is 5.92. The van der Waals surface area contributed by atoms with Gasteiger partial charge in [0.2, 0.25) is 5.84 Å². The molecule has 1 heterocycles. The highest BCUT2D eigenvalue weighted by Crippen LogP contribution is 2.22. The molecule has 3 N–H and O–H groups in total. The van der Waals surface area contributed by atoms with Crippen LogP contribution in [-0.4, -0.2) is 34.1 Å². The quantitative estimate of drug-likeness (QED) is 0.402. The van der Waals surface area contributed by atoms with E-state index in [1.165, 1.54) is 12.8 Å². The van der Waals surface area contributed by atoms with E-state index in [1.807, 2.05) is 6.92 Å². The fourth-order valence-corrected chi connectivity index (χ4v) is 2.17. The predicted octanol–water partition coefficient (Wildman–Crippen LogP) is 2.21. The van der Waals surface area contributed by atoms with Crippen LogP contribution >= 0.6 is 0 Å². The first-order valence-corrected chi connectivity index (χ1v) is 6.77. The molecule has 0 amide bonds. The Balaban J connectivity index is 2.71. The van der Waals surface area contributed by atoms with Gasteiger partial charge in [-0.2, -0.15) is 0 Å². The summed E-state index contributed by atoms with van der Waals surface area (Å²) in [6, 6.07) is 0. The maximum Gasteiger partial charge on any atom is 0.360 e. The molecule has 1 aliphatic rings. The van der Waals surface area contributed by atoms with Crippen LogP contribution in [-0.2, 0) is 4.79 Å². The maximum absolute atomic E-state index is 11.0. The van der Waals surface area contributed by atoms with Crippen LogP contribution in [0.3, 0.4) is 0 Å². The van der Waals surface area contributed by atoms with Crippen LogP contribution in [0, 0.1) is 0 Å². The molecule has 0 saturated carbocycles. The van der Waals surface area contributed by atoms with Gasteiger partial charge in [-0.15, -0.1) is 0 Å². The second-order valence-electron chi connectivity index (χ2n) is 4.88. The Morgan fingerprint density at radius 2 is 2.32 bits per heavy atom. The van der Waals surface area contributed by atoms with Crippen molar-refractivity contribution in [3.05, 3.63) is 24.6 Å². The number of nitrogens with two attached hydrogens (primary N) is 1. The molecule has 106 valence electrons. The van der Waals surface area contributed by atoms with Crippen molar-refractivity contribution in [1.82, 2.24) is 0 Å². The zero-order valence-corrected chi connectivity index (χ0v) is 11.7. The zero-order valence-electron chi connectivity index (χ0n) is 11.7. The Hall–Kier alpha value is -1.46. The van der Waals surface area contributed by atoms with E-state index >= 15 is 0 Å². The second kappa shape index (κ2) is 7.21. The number of carboxylic acids is 1. The molecule has 0 spiro atoms. The van der Waals surface area contributed by atoms with E-state index in [-0.39, 0.29) is 17.2 Å². The lowest BCUT2D eigenvalue weighted by Crippen LogP contribution is -2.58. The zero-order chi connectivity index (χ0) is 14.3. The van der Waals surface area contributed by atoms with Crippen molar-refractivity contribution in [2.45, 2.75) is 45.7 Å². The highest BCUT2D eigenvalue weighted by molar-refractivity contribution is 5.82. The van der Waals surface area contributed by atoms with Gasteiger partial charge in [-0.25, -0.2) is 14.3 Å². The lowest BCUT2D eigenvalue weighted by atomic mass is 10.2. The summed E-state index contributed by atoms with van der Waals surface area (Å²) >= 11 is 0. The number of hydrogen-bond acceptors (Lipinski definition) is 3. The van der Waals surface area contributed by atoms with Crippen LogP contribution in [0.2, 0.25) is 0 Å². The molecular weight excluding hydrogens is 242 g/mol. The van der Waals surface area contributed by atoms with Crippen molar-refractivity contribution in [2.24, 2.45) is 10.7 Å². The molecule has 5 nitrogen and oxygen atoms in total. The molecular formula is C14H24N3O2+. The van der Waals surface area contributed by atoms with E-state index in [9.17, 15) is 4.79 Å². The van der Waals surface area contributed by atoms with E-state index < -0.39 is 5.97 Å². The van der Waals surface area contributed by atoms with Gasteiger partial charge in [0.15, 0.2) is 6.54 Å². The third-order valence-electron chi connectivity index (χ3n) is 3.35. The Bertz CT molecular complexity index is 399. The highest BCUT2D eigenvalue weighted by atomic mass is 16.4. The normalized spacial score (nSPS) is 23.8. The third kappa shape index (κ3) is 4.01. The van der Waals surface area contributed by atoms with Crippen molar-refractivity contribution in [1.29, 1.82) is 0 Å². The summed E-state index contributed by atoms with van der Waals surface area (Å²) in [5, 5.41) is 9.07. The molecule has 2 atom stereocenters. The largest absolute Gasteiger partial charge is 0.477 e. The molecule has 19 heavy (non-hydrogen) atoms. The van der Waals surface area contributed by atoms with Crippen molar-refractivity contribution < 1.29 is 14.4 Å². The molecule has 0 bridgehead atoms. The monoisotopic (exact) mass is 266 g/mol. The third-order valence-corrected chi connectivity index (χ3v) is 3.35. The number of quaternary nitrogens is 1. The fourth-order valence-electron chi connectivity index (χ4n) is 2.17. The molecule has 2 unspecified atom stereocenters. The maximum atomic E-state index is 11.0. The molecule has 1 aliphatic heterocycles. The minimum absolute atomic E-state index is 0.0597. The van der Waals surface area contributed by atoms with Crippen LogP contribution in [0.15, 0.2) is 29.5 Å². The van der Waals surface area contributed by atoms with E-state index in [0.29, 0.717) is 6.42 Å². The molecule has 0 aliphatic carbocycles. The van der Waals surface area contributed by atoms with Crippen molar-refractivity contribution in [2.75, 3.05) is 6.54 Å². The summed E-state index contributed by atoms with van der Waals surface area (Å²) in [5.41, 5.74) is 5.98. The summed E-state index contributed by atoms with van der Waals surface area (Å²) in [4.78, 5) is 15.3. The average Bonchev–Trinajstić information content (AvgIpc) is 2.72. The Morgan fingerprint density at radius 3 is 2.89 bits per heavy atom. The number of nitrogens with zero attached hydrogens (tertiary/aromatic N) is 2. The van der Waals surface area contributed by atoms with E-state index in [4.69, 9.17) is 10.8 Å². The van der Waals surface area contributed by atoms with Gasteiger partial charge in [0.25, 0.3) is 0 Å². The number of aliphatic imine (C=N–C) groups is 1. The topological polar surface area (TPSA) is 75.7 Å².